The van der Waals surface area contributed by atoms with Gasteiger partial charge in [-0.05, 0) is 67.6 Å². The minimum absolute atomic E-state index is 0.0115. The molecule has 3 aromatic rings. The van der Waals surface area contributed by atoms with Gasteiger partial charge in [0.2, 0.25) is 5.82 Å². The molecular formula is C21H22N2O4S. The van der Waals surface area contributed by atoms with Crippen LogP contribution < -0.4 is 4.74 Å². The summed E-state index contributed by atoms with van der Waals surface area (Å²) in [5.74, 6) is 1.77. The summed E-state index contributed by atoms with van der Waals surface area (Å²) in [6.07, 6.45) is 6.27. The summed E-state index contributed by atoms with van der Waals surface area (Å²) in [6, 6.07) is 14.8. The van der Waals surface area contributed by atoms with Gasteiger partial charge in [-0.2, -0.15) is 4.98 Å². The molecule has 0 unspecified atom stereocenters. The highest BCUT2D eigenvalue weighted by atomic mass is 32.2. The maximum atomic E-state index is 11.4. The predicted octanol–water partition coefficient (Wildman–Crippen LogP) is 4.27. The van der Waals surface area contributed by atoms with E-state index >= 15 is 0 Å². The van der Waals surface area contributed by atoms with Crippen LogP contribution in [-0.4, -0.2) is 30.9 Å². The molecule has 1 saturated carbocycles. The van der Waals surface area contributed by atoms with Gasteiger partial charge < -0.3 is 9.26 Å². The van der Waals surface area contributed by atoms with E-state index in [4.69, 9.17) is 9.26 Å². The SMILES string of the molecule is CS(=O)(=O)Cc1ccc(-c2nc(-c3ccc(OC4CCCC4)cc3)no2)cc1. The average molecular weight is 398 g/mol. The summed E-state index contributed by atoms with van der Waals surface area (Å²) >= 11 is 0. The normalized spacial score (nSPS) is 15.0. The minimum Gasteiger partial charge on any atom is -0.490 e. The fraction of sp³-hybridized carbons (Fsp3) is 0.333. The second kappa shape index (κ2) is 7.75. The minimum atomic E-state index is -3.06. The molecule has 1 aliphatic carbocycles. The average Bonchev–Trinajstić information content (AvgIpc) is 3.34. The lowest BCUT2D eigenvalue weighted by atomic mass is 10.1. The predicted molar refractivity (Wildman–Crippen MR) is 107 cm³/mol. The number of rotatable bonds is 6. The van der Waals surface area contributed by atoms with Gasteiger partial charge in [0.15, 0.2) is 9.84 Å². The van der Waals surface area contributed by atoms with Crippen molar-refractivity contribution in [3.05, 3.63) is 54.1 Å². The number of benzene rings is 2. The van der Waals surface area contributed by atoms with E-state index < -0.39 is 9.84 Å². The van der Waals surface area contributed by atoms with Crippen molar-refractivity contribution in [2.45, 2.75) is 37.5 Å². The molecule has 0 spiro atoms. The zero-order chi connectivity index (χ0) is 19.6. The first-order valence-corrected chi connectivity index (χ1v) is 11.4. The Kier molecular flexibility index (Phi) is 5.17. The Hall–Kier alpha value is -2.67. The molecule has 0 aliphatic heterocycles. The van der Waals surface area contributed by atoms with E-state index in [9.17, 15) is 8.42 Å². The molecule has 1 aromatic heterocycles. The van der Waals surface area contributed by atoms with Crippen LogP contribution in [0.1, 0.15) is 31.2 Å². The number of sulfone groups is 1. The molecule has 0 bridgehead atoms. The molecule has 4 rings (SSSR count). The van der Waals surface area contributed by atoms with Crippen LogP contribution in [0.2, 0.25) is 0 Å². The van der Waals surface area contributed by atoms with Crippen molar-refractivity contribution in [1.29, 1.82) is 0 Å². The maximum Gasteiger partial charge on any atom is 0.258 e. The molecular weight excluding hydrogens is 376 g/mol. The molecule has 0 atom stereocenters. The van der Waals surface area contributed by atoms with Crippen LogP contribution in [0, 0.1) is 0 Å². The quantitative estimate of drug-likeness (QED) is 0.617. The van der Waals surface area contributed by atoms with Gasteiger partial charge in [0.1, 0.15) is 5.75 Å². The third-order valence-electron chi connectivity index (χ3n) is 4.77. The zero-order valence-electron chi connectivity index (χ0n) is 15.7. The Morgan fingerprint density at radius 2 is 1.64 bits per heavy atom. The number of nitrogens with zero attached hydrogens (tertiary/aromatic N) is 2. The van der Waals surface area contributed by atoms with Gasteiger partial charge >= 0.3 is 0 Å². The first kappa shape index (κ1) is 18.7. The molecule has 0 saturated heterocycles. The van der Waals surface area contributed by atoms with Crippen molar-refractivity contribution >= 4 is 9.84 Å². The summed E-state index contributed by atoms with van der Waals surface area (Å²) in [6.45, 7) is 0. The Morgan fingerprint density at radius 3 is 2.29 bits per heavy atom. The molecule has 146 valence electrons. The molecule has 1 aliphatic rings. The number of ether oxygens (including phenoxy) is 1. The first-order valence-electron chi connectivity index (χ1n) is 9.34. The lowest BCUT2D eigenvalue weighted by molar-refractivity contribution is 0.210. The standard InChI is InChI=1S/C21H22N2O4S/c1-28(24,25)14-15-6-8-17(9-7-15)21-22-20(23-27-21)16-10-12-19(13-11-16)26-18-4-2-3-5-18/h6-13,18H,2-5,14H2,1H3. The molecule has 7 heteroatoms. The van der Waals surface area contributed by atoms with Crippen molar-refractivity contribution in [1.82, 2.24) is 10.1 Å². The van der Waals surface area contributed by atoms with Crippen molar-refractivity contribution in [2.24, 2.45) is 0 Å². The topological polar surface area (TPSA) is 82.3 Å². The van der Waals surface area contributed by atoms with Crippen LogP contribution >= 0.6 is 0 Å². The maximum absolute atomic E-state index is 11.4. The van der Waals surface area contributed by atoms with E-state index in [1.54, 1.807) is 24.3 Å². The molecule has 2 aromatic carbocycles. The highest BCUT2D eigenvalue weighted by Gasteiger charge is 2.17. The summed E-state index contributed by atoms with van der Waals surface area (Å²) in [5, 5.41) is 4.05. The van der Waals surface area contributed by atoms with Crippen LogP contribution in [-0.2, 0) is 15.6 Å². The van der Waals surface area contributed by atoms with Gasteiger partial charge in [-0.15, -0.1) is 0 Å². The van der Waals surface area contributed by atoms with Crippen LogP contribution in [0.3, 0.4) is 0 Å². The van der Waals surface area contributed by atoms with Gasteiger partial charge in [0.05, 0.1) is 11.9 Å². The fourth-order valence-electron chi connectivity index (χ4n) is 3.39. The number of hydrogen-bond donors (Lipinski definition) is 0. The summed E-state index contributed by atoms with van der Waals surface area (Å²) < 4.78 is 34.1. The smallest absolute Gasteiger partial charge is 0.258 e. The lowest BCUT2D eigenvalue weighted by Gasteiger charge is -2.12. The van der Waals surface area contributed by atoms with E-state index in [1.807, 2.05) is 24.3 Å². The molecule has 1 heterocycles. The van der Waals surface area contributed by atoms with E-state index in [1.165, 1.54) is 19.1 Å². The van der Waals surface area contributed by atoms with Crippen LogP contribution in [0.25, 0.3) is 22.8 Å². The van der Waals surface area contributed by atoms with E-state index in [2.05, 4.69) is 10.1 Å². The van der Waals surface area contributed by atoms with Crippen LogP contribution in [0.5, 0.6) is 5.75 Å². The summed E-state index contributed by atoms with van der Waals surface area (Å²) in [7, 11) is -3.06. The second-order valence-electron chi connectivity index (χ2n) is 7.24. The van der Waals surface area contributed by atoms with Gasteiger partial charge in [-0.1, -0.05) is 17.3 Å². The summed E-state index contributed by atoms with van der Waals surface area (Å²) in [4.78, 5) is 4.45. The molecule has 0 amide bonds. The third-order valence-corrected chi connectivity index (χ3v) is 5.63. The molecule has 0 radical (unpaired) electrons. The Bertz CT molecular complexity index is 1030. The molecule has 6 nitrogen and oxygen atoms in total. The largest absolute Gasteiger partial charge is 0.490 e. The second-order valence-corrected chi connectivity index (χ2v) is 9.38. The van der Waals surface area contributed by atoms with E-state index in [0.29, 0.717) is 17.8 Å². The van der Waals surface area contributed by atoms with E-state index in [0.717, 1.165) is 35.3 Å². The molecule has 28 heavy (non-hydrogen) atoms. The third kappa shape index (κ3) is 4.59. The van der Waals surface area contributed by atoms with Gasteiger partial charge in [-0.3, -0.25) is 0 Å². The highest BCUT2D eigenvalue weighted by Crippen LogP contribution is 2.27. The van der Waals surface area contributed by atoms with Gasteiger partial charge in [-0.25, -0.2) is 8.42 Å². The number of hydrogen-bond acceptors (Lipinski definition) is 6. The Balaban J connectivity index is 1.46. The van der Waals surface area contributed by atoms with Crippen molar-refractivity contribution < 1.29 is 17.7 Å². The lowest BCUT2D eigenvalue weighted by Crippen LogP contribution is -2.10. The Morgan fingerprint density at radius 1 is 1.00 bits per heavy atom. The van der Waals surface area contributed by atoms with E-state index in [-0.39, 0.29) is 5.75 Å². The van der Waals surface area contributed by atoms with Crippen molar-refractivity contribution in [3.8, 4) is 28.6 Å². The highest BCUT2D eigenvalue weighted by molar-refractivity contribution is 7.89. The van der Waals surface area contributed by atoms with Crippen LogP contribution in [0.4, 0.5) is 0 Å². The monoisotopic (exact) mass is 398 g/mol. The Labute approximate surface area is 164 Å². The van der Waals surface area contributed by atoms with Gasteiger partial charge in [0.25, 0.3) is 5.89 Å². The summed E-state index contributed by atoms with van der Waals surface area (Å²) in [5.41, 5.74) is 2.32. The fourth-order valence-corrected chi connectivity index (χ4v) is 4.18. The zero-order valence-corrected chi connectivity index (χ0v) is 16.5. The van der Waals surface area contributed by atoms with Gasteiger partial charge in [0, 0.05) is 17.4 Å². The number of aromatic nitrogens is 2. The molecule has 0 N–H and O–H groups in total. The van der Waals surface area contributed by atoms with Crippen LogP contribution in [0.15, 0.2) is 53.1 Å². The molecule has 1 fully saturated rings. The first-order chi connectivity index (χ1) is 13.5. The van der Waals surface area contributed by atoms with Crippen molar-refractivity contribution in [3.63, 3.8) is 0 Å². The van der Waals surface area contributed by atoms with Crippen molar-refractivity contribution in [2.75, 3.05) is 6.26 Å².